The number of hydrogen-bond acceptors (Lipinski definition) is 4. The molecule has 4 N–H and O–H groups in total. The molecule has 0 aromatic heterocycles. The summed E-state index contributed by atoms with van der Waals surface area (Å²) in [6.07, 6.45) is -2.95. The van der Waals surface area contributed by atoms with Crippen molar-refractivity contribution in [1.29, 1.82) is 0 Å². The maximum Gasteiger partial charge on any atom is 0.249 e. The molecule has 0 bridgehead atoms. The highest BCUT2D eigenvalue weighted by Gasteiger charge is 2.23. The fraction of sp³-hybridized carbons (Fsp3) is 0.300. The Morgan fingerprint density at radius 3 is 2.67 bits per heavy atom. The van der Waals surface area contributed by atoms with Crippen molar-refractivity contribution in [3.8, 4) is 5.75 Å². The molecule has 15 heavy (non-hydrogen) atoms. The van der Waals surface area contributed by atoms with E-state index in [1.165, 1.54) is 13.2 Å². The van der Waals surface area contributed by atoms with E-state index in [0.717, 1.165) is 0 Å². The highest BCUT2D eigenvalue weighted by molar-refractivity contribution is 5.79. The lowest BCUT2D eigenvalue weighted by Crippen LogP contribution is -2.33. The molecule has 1 amide bonds. The number of rotatable bonds is 4. The second kappa shape index (κ2) is 4.77. The first-order chi connectivity index (χ1) is 7.06. The summed E-state index contributed by atoms with van der Waals surface area (Å²) in [4.78, 5) is 10.6. The molecule has 1 rings (SSSR count). The number of methoxy groups -OCH3 is 1. The van der Waals surface area contributed by atoms with Crippen molar-refractivity contribution in [2.75, 3.05) is 7.11 Å². The van der Waals surface area contributed by atoms with Crippen LogP contribution in [0.2, 0.25) is 0 Å². The number of ether oxygens (including phenoxy) is 1. The van der Waals surface area contributed by atoms with E-state index in [4.69, 9.17) is 10.5 Å². The first kappa shape index (κ1) is 11.5. The summed E-state index contributed by atoms with van der Waals surface area (Å²) in [6, 6.07) is 6.42. The Labute approximate surface area is 87.1 Å². The van der Waals surface area contributed by atoms with Crippen LogP contribution in [0.15, 0.2) is 24.3 Å². The van der Waals surface area contributed by atoms with Crippen LogP contribution in [0.3, 0.4) is 0 Å². The van der Waals surface area contributed by atoms with Gasteiger partial charge in [0.1, 0.15) is 11.9 Å². The third-order valence-electron chi connectivity index (χ3n) is 2.03. The van der Waals surface area contributed by atoms with Gasteiger partial charge < -0.3 is 20.7 Å². The topological polar surface area (TPSA) is 92.8 Å². The van der Waals surface area contributed by atoms with Crippen molar-refractivity contribution in [3.05, 3.63) is 29.8 Å². The van der Waals surface area contributed by atoms with Crippen molar-refractivity contribution in [1.82, 2.24) is 0 Å². The molecule has 82 valence electrons. The quantitative estimate of drug-likeness (QED) is 0.630. The molecule has 0 saturated carbocycles. The van der Waals surface area contributed by atoms with Crippen molar-refractivity contribution in [3.63, 3.8) is 0 Å². The van der Waals surface area contributed by atoms with Crippen LogP contribution in [0.1, 0.15) is 11.7 Å². The van der Waals surface area contributed by atoms with Gasteiger partial charge in [0.25, 0.3) is 0 Å². The molecular weight excluding hydrogens is 198 g/mol. The molecule has 1 aromatic rings. The molecule has 2 atom stereocenters. The molecule has 0 heterocycles. The van der Waals surface area contributed by atoms with Crippen LogP contribution in [0, 0.1) is 0 Å². The Kier molecular flexibility index (Phi) is 3.65. The Morgan fingerprint density at radius 1 is 1.47 bits per heavy atom. The lowest BCUT2D eigenvalue weighted by atomic mass is 10.0. The van der Waals surface area contributed by atoms with E-state index in [1.807, 2.05) is 0 Å². The summed E-state index contributed by atoms with van der Waals surface area (Å²) in [5, 5.41) is 18.8. The standard InChI is InChI=1S/C10H13NO4/c1-15-7-4-2-3-6(5-7)8(12)9(13)10(11)14/h2-5,8-9,12-13H,1H3,(H2,11,14). The monoisotopic (exact) mass is 211 g/mol. The van der Waals surface area contributed by atoms with Crippen molar-refractivity contribution >= 4 is 5.91 Å². The molecule has 0 aliphatic heterocycles. The summed E-state index contributed by atoms with van der Waals surface area (Å²) < 4.78 is 4.94. The SMILES string of the molecule is COc1cccc(C(O)C(O)C(N)=O)c1. The average Bonchev–Trinajstić information content (AvgIpc) is 2.27. The van der Waals surface area contributed by atoms with Gasteiger partial charge in [0, 0.05) is 0 Å². The number of aliphatic hydroxyl groups excluding tert-OH is 2. The first-order valence-electron chi connectivity index (χ1n) is 4.35. The lowest BCUT2D eigenvalue weighted by Gasteiger charge is -2.15. The number of amides is 1. The molecule has 0 fully saturated rings. The fourth-order valence-electron chi connectivity index (χ4n) is 1.16. The second-order valence-corrected chi connectivity index (χ2v) is 3.07. The van der Waals surface area contributed by atoms with E-state index < -0.39 is 18.1 Å². The van der Waals surface area contributed by atoms with Gasteiger partial charge in [0.15, 0.2) is 6.10 Å². The van der Waals surface area contributed by atoms with Crippen LogP contribution >= 0.6 is 0 Å². The maximum atomic E-state index is 10.6. The Morgan fingerprint density at radius 2 is 2.13 bits per heavy atom. The minimum atomic E-state index is -1.61. The number of carbonyl (C=O) groups is 1. The van der Waals surface area contributed by atoms with Crippen LogP contribution in [0.25, 0.3) is 0 Å². The van der Waals surface area contributed by atoms with Gasteiger partial charge in [-0.3, -0.25) is 4.79 Å². The van der Waals surface area contributed by atoms with E-state index in [2.05, 4.69) is 0 Å². The van der Waals surface area contributed by atoms with Gasteiger partial charge in [-0.05, 0) is 17.7 Å². The smallest absolute Gasteiger partial charge is 0.249 e. The third kappa shape index (κ3) is 2.68. The highest BCUT2D eigenvalue weighted by atomic mass is 16.5. The molecule has 0 radical (unpaired) electrons. The third-order valence-corrected chi connectivity index (χ3v) is 2.03. The van der Waals surface area contributed by atoms with Gasteiger partial charge in [0.05, 0.1) is 7.11 Å². The molecule has 5 nitrogen and oxygen atoms in total. The number of nitrogens with two attached hydrogens (primary N) is 1. The van der Waals surface area contributed by atoms with Crippen LogP contribution in [-0.4, -0.2) is 29.3 Å². The zero-order valence-electron chi connectivity index (χ0n) is 8.25. The van der Waals surface area contributed by atoms with Crippen molar-refractivity contribution in [2.45, 2.75) is 12.2 Å². The summed E-state index contributed by atoms with van der Waals surface area (Å²) in [6.45, 7) is 0. The van der Waals surface area contributed by atoms with Gasteiger partial charge in [0.2, 0.25) is 5.91 Å². The molecule has 0 aliphatic carbocycles. The average molecular weight is 211 g/mol. The van der Waals surface area contributed by atoms with Crippen LogP contribution in [0.4, 0.5) is 0 Å². The van der Waals surface area contributed by atoms with E-state index in [0.29, 0.717) is 11.3 Å². The summed E-state index contributed by atoms with van der Waals surface area (Å²) in [7, 11) is 1.48. The van der Waals surface area contributed by atoms with Gasteiger partial charge in [-0.2, -0.15) is 0 Å². The molecular formula is C10H13NO4. The normalized spacial score (nSPS) is 14.3. The van der Waals surface area contributed by atoms with Gasteiger partial charge in [-0.25, -0.2) is 0 Å². The van der Waals surface area contributed by atoms with E-state index >= 15 is 0 Å². The first-order valence-corrected chi connectivity index (χ1v) is 4.35. The minimum absolute atomic E-state index is 0.376. The Balaban J connectivity index is 2.90. The van der Waals surface area contributed by atoms with Crippen molar-refractivity contribution < 1.29 is 19.7 Å². The van der Waals surface area contributed by atoms with E-state index in [1.54, 1.807) is 18.2 Å². The highest BCUT2D eigenvalue weighted by Crippen LogP contribution is 2.21. The molecule has 2 unspecified atom stereocenters. The van der Waals surface area contributed by atoms with Crippen LogP contribution in [0.5, 0.6) is 5.75 Å². The van der Waals surface area contributed by atoms with Crippen LogP contribution in [-0.2, 0) is 4.79 Å². The number of primary amides is 1. The molecule has 5 heteroatoms. The molecule has 0 aliphatic rings. The predicted molar refractivity (Wildman–Crippen MR) is 53.2 cm³/mol. The lowest BCUT2D eigenvalue weighted by molar-refractivity contribution is -0.131. The summed E-state index contributed by atoms with van der Waals surface area (Å²) in [5.41, 5.74) is 5.24. The van der Waals surface area contributed by atoms with Crippen LogP contribution < -0.4 is 10.5 Å². The second-order valence-electron chi connectivity index (χ2n) is 3.07. The number of hydrogen-bond donors (Lipinski definition) is 3. The largest absolute Gasteiger partial charge is 0.497 e. The van der Waals surface area contributed by atoms with Gasteiger partial charge in [-0.1, -0.05) is 12.1 Å². The van der Waals surface area contributed by atoms with E-state index in [-0.39, 0.29) is 0 Å². The number of aliphatic hydroxyl groups is 2. The summed E-state index contributed by atoms with van der Waals surface area (Å²) >= 11 is 0. The Hall–Kier alpha value is -1.59. The fourth-order valence-corrected chi connectivity index (χ4v) is 1.16. The van der Waals surface area contributed by atoms with E-state index in [9.17, 15) is 15.0 Å². The van der Waals surface area contributed by atoms with Gasteiger partial charge in [-0.15, -0.1) is 0 Å². The molecule has 1 aromatic carbocycles. The maximum absolute atomic E-state index is 10.6. The summed E-state index contributed by atoms with van der Waals surface area (Å²) in [5.74, 6) is -0.437. The zero-order chi connectivity index (χ0) is 11.4. The zero-order valence-corrected chi connectivity index (χ0v) is 8.25. The van der Waals surface area contributed by atoms with Crippen molar-refractivity contribution in [2.24, 2.45) is 5.73 Å². The molecule has 0 spiro atoms. The number of benzene rings is 1. The predicted octanol–water partition coefficient (Wildman–Crippen LogP) is -0.425. The molecule has 0 saturated heterocycles. The Bertz CT molecular complexity index is 353. The minimum Gasteiger partial charge on any atom is -0.497 e. The van der Waals surface area contributed by atoms with Gasteiger partial charge >= 0.3 is 0 Å². The number of carbonyl (C=O) groups excluding carboxylic acids is 1.